The molecular formula is C48H59N3O8. The molecule has 0 spiro atoms. The quantitative estimate of drug-likeness (QED) is 0.0596. The van der Waals surface area contributed by atoms with Crippen LogP contribution in [-0.4, -0.2) is 63.6 Å². The number of benzene rings is 2. The molecule has 0 bridgehead atoms. The molecule has 3 aromatic rings. The first kappa shape index (κ1) is 46.1. The minimum absolute atomic E-state index is 0.0215. The van der Waals surface area contributed by atoms with Gasteiger partial charge in [0.15, 0.2) is 5.78 Å². The van der Waals surface area contributed by atoms with Crippen molar-refractivity contribution in [2.45, 2.75) is 123 Å². The van der Waals surface area contributed by atoms with Crippen LogP contribution in [0.3, 0.4) is 0 Å². The Morgan fingerprint density at radius 1 is 0.814 bits per heavy atom. The molecule has 1 heterocycles. The summed E-state index contributed by atoms with van der Waals surface area (Å²) >= 11 is 0. The van der Waals surface area contributed by atoms with Crippen molar-refractivity contribution in [2.75, 3.05) is 6.54 Å². The van der Waals surface area contributed by atoms with Crippen molar-refractivity contribution in [1.29, 1.82) is 0 Å². The highest BCUT2D eigenvalue weighted by Gasteiger charge is 2.40. The minimum atomic E-state index is -1.01. The number of rotatable bonds is 25. The summed E-state index contributed by atoms with van der Waals surface area (Å²) in [5.74, 6) is -2.98. The highest BCUT2D eigenvalue weighted by molar-refractivity contribution is 5.95. The number of hydrogen-bond donors (Lipinski definition) is 3. The molecule has 1 saturated carbocycles. The van der Waals surface area contributed by atoms with Crippen LogP contribution < -0.4 is 10.6 Å². The van der Waals surface area contributed by atoms with E-state index in [4.69, 9.17) is 0 Å². The molecule has 0 radical (unpaired) electrons. The summed E-state index contributed by atoms with van der Waals surface area (Å²) in [7, 11) is 0. The van der Waals surface area contributed by atoms with E-state index in [1.54, 1.807) is 24.5 Å². The van der Waals surface area contributed by atoms with Crippen molar-refractivity contribution in [2.24, 2.45) is 11.3 Å². The van der Waals surface area contributed by atoms with Crippen molar-refractivity contribution in [3.63, 3.8) is 0 Å². The molecule has 59 heavy (non-hydrogen) atoms. The van der Waals surface area contributed by atoms with Gasteiger partial charge in [0.05, 0.1) is 6.04 Å². The number of carbonyl (C=O) groups is 7. The van der Waals surface area contributed by atoms with Crippen molar-refractivity contribution in [3.8, 4) is 0 Å². The zero-order valence-corrected chi connectivity index (χ0v) is 34.5. The lowest BCUT2D eigenvalue weighted by Crippen LogP contribution is -2.47. The lowest BCUT2D eigenvalue weighted by Gasteiger charge is -2.35. The predicted molar refractivity (Wildman–Crippen MR) is 226 cm³/mol. The minimum Gasteiger partial charge on any atom is -0.481 e. The lowest BCUT2D eigenvalue weighted by atomic mass is 9.68. The second kappa shape index (κ2) is 23.7. The molecule has 1 aromatic heterocycles. The standard InChI is InChI=1S/C48H59N3O8/c1-34-12-4-5-14-39(34)30-41(53)28-36-18-20-37(21-19-36)29-42(54)31-40(15-6-9-27-50-45(56)23-22-38-13-11-26-49-33-38)47(59)51-43(16-10-17-46(57)58)44(55)32-48(35(2)52)24-7-3-8-25-48/h4-5,11-14,18-23,26,33,40,43H,3,6-10,15-17,24-25,27-32H2,1-2H3,(H,50,56)(H,51,59)(H,57,58)/b23-22+/t40-,43+/m1/s1. The van der Waals surface area contributed by atoms with Crippen LogP contribution in [0.2, 0.25) is 0 Å². The number of nitrogens with zero attached hydrogens (tertiary/aromatic N) is 1. The third-order valence-corrected chi connectivity index (χ3v) is 11.4. The van der Waals surface area contributed by atoms with E-state index in [2.05, 4.69) is 15.6 Å². The Kier molecular flexibility index (Phi) is 18.5. The largest absolute Gasteiger partial charge is 0.481 e. The smallest absolute Gasteiger partial charge is 0.303 e. The molecule has 314 valence electrons. The van der Waals surface area contributed by atoms with Gasteiger partial charge in [-0.15, -0.1) is 0 Å². The molecule has 11 nitrogen and oxygen atoms in total. The van der Waals surface area contributed by atoms with Gasteiger partial charge in [-0.2, -0.15) is 0 Å². The van der Waals surface area contributed by atoms with Crippen LogP contribution in [0, 0.1) is 18.3 Å². The number of aromatic nitrogens is 1. The molecule has 4 rings (SSSR count). The molecule has 2 aromatic carbocycles. The molecular weight excluding hydrogens is 747 g/mol. The van der Waals surface area contributed by atoms with E-state index >= 15 is 0 Å². The summed E-state index contributed by atoms with van der Waals surface area (Å²) in [6, 6.07) is 17.7. The summed E-state index contributed by atoms with van der Waals surface area (Å²) in [5.41, 5.74) is 3.65. The molecule has 0 unspecified atom stereocenters. The number of unbranched alkanes of at least 4 members (excludes halogenated alkanes) is 1. The highest BCUT2D eigenvalue weighted by Crippen LogP contribution is 2.41. The van der Waals surface area contributed by atoms with Crippen LogP contribution in [0.1, 0.15) is 118 Å². The van der Waals surface area contributed by atoms with Crippen LogP contribution in [0.5, 0.6) is 0 Å². The molecule has 1 aliphatic rings. The van der Waals surface area contributed by atoms with Crippen LogP contribution in [-0.2, 0) is 52.8 Å². The number of carboxylic acids is 1. The van der Waals surface area contributed by atoms with Gasteiger partial charge in [0.25, 0.3) is 0 Å². The molecule has 1 fully saturated rings. The topological polar surface area (TPSA) is 177 Å². The third-order valence-electron chi connectivity index (χ3n) is 11.4. The van der Waals surface area contributed by atoms with Gasteiger partial charge in [-0.05, 0) is 92.3 Å². The van der Waals surface area contributed by atoms with Gasteiger partial charge in [-0.25, -0.2) is 0 Å². The van der Waals surface area contributed by atoms with Crippen molar-refractivity contribution < 1.29 is 38.7 Å². The summed E-state index contributed by atoms with van der Waals surface area (Å²) < 4.78 is 0. The van der Waals surface area contributed by atoms with Crippen LogP contribution >= 0.6 is 0 Å². The lowest BCUT2D eigenvalue weighted by molar-refractivity contribution is -0.138. The normalized spacial score (nSPS) is 14.5. The van der Waals surface area contributed by atoms with Gasteiger partial charge >= 0.3 is 5.97 Å². The van der Waals surface area contributed by atoms with E-state index in [0.717, 1.165) is 47.1 Å². The number of Topliss-reactive ketones (excluding diaryl/α,β-unsaturated/α-hetero) is 4. The van der Waals surface area contributed by atoms with Gasteiger partial charge in [-0.3, -0.25) is 38.5 Å². The molecule has 11 heteroatoms. The van der Waals surface area contributed by atoms with Gasteiger partial charge in [0, 0.05) is 74.9 Å². The van der Waals surface area contributed by atoms with Crippen molar-refractivity contribution >= 4 is 47.0 Å². The van der Waals surface area contributed by atoms with Crippen LogP contribution in [0.15, 0.2) is 79.1 Å². The maximum atomic E-state index is 14.0. The Bertz CT molecular complexity index is 1930. The first-order valence-corrected chi connectivity index (χ1v) is 20.9. The number of aryl methyl sites for hydroxylation is 1. The maximum Gasteiger partial charge on any atom is 0.303 e. The molecule has 1 aliphatic carbocycles. The monoisotopic (exact) mass is 805 g/mol. The number of ketones is 4. The van der Waals surface area contributed by atoms with E-state index in [1.807, 2.05) is 61.5 Å². The summed E-state index contributed by atoms with van der Waals surface area (Å²) in [5, 5.41) is 15.0. The van der Waals surface area contributed by atoms with Gasteiger partial charge in [0.1, 0.15) is 17.3 Å². The van der Waals surface area contributed by atoms with E-state index in [1.165, 1.54) is 13.0 Å². The van der Waals surface area contributed by atoms with E-state index in [9.17, 15) is 38.7 Å². The summed E-state index contributed by atoms with van der Waals surface area (Å²) in [6.07, 6.45) is 12.3. The van der Waals surface area contributed by atoms with Gasteiger partial charge < -0.3 is 15.7 Å². The summed E-state index contributed by atoms with van der Waals surface area (Å²) in [6.45, 7) is 3.84. The number of nitrogens with one attached hydrogen (secondary N) is 2. The first-order chi connectivity index (χ1) is 28.3. The van der Waals surface area contributed by atoms with Crippen molar-refractivity contribution in [1.82, 2.24) is 15.6 Å². The van der Waals surface area contributed by atoms with E-state index in [-0.39, 0.29) is 74.0 Å². The third kappa shape index (κ3) is 15.9. The van der Waals surface area contributed by atoms with Crippen LogP contribution in [0.4, 0.5) is 0 Å². The Morgan fingerprint density at radius 3 is 2.15 bits per heavy atom. The zero-order chi connectivity index (χ0) is 42.6. The fourth-order valence-electron chi connectivity index (χ4n) is 7.82. The molecule has 2 amide bonds. The number of amides is 2. The molecule has 0 aliphatic heterocycles. The van der Waals surface area contributed by atoms with Gasteiger partial charge in [-0.1, -0.05) is 80.3 Å². The zero-order valence-electron chi connectivity index (χ0n) is 34.5. The number of carbonyl (C=O) groups excluding carboxylic acids is 6. The van der Waals surface area contributed by atoms with E-state index < -0.39 is 29.3 Å². The molecule has 0 saturated heterocycles. The Labute approximate surface area is 347 Å². The average molecular weight is 806 g/mol. The number of hydrogen-bond acceptors (Lipinski definition) is 8. The Hall–Kier alpha value is -5.58. The highest BCUT2D eigenvalue weighted by atomic mass is 16.4. The fraction of sp³-hybridized carbons (Fsp3) is 0.458. The number of pyridine rings is 1. The number of carboxylic acid groups (broad SMARTS) is 1. The molecule has 3 N–H and O–H groups in total. The van der Waals surface area contributed by atoms with E-state index in [0.29, 0.717) is 45.1 Å². The molecule has 2 atom stereocenters. The van der Waals surface area contributed by atoms with Crippen LogP contribution in [0.25, 0.3) is 6.08 Å². The number of aliphatic carboxylic acids is 1. The van der Waals surface area contributed by atoms with Crippen molar-refractivity contribution in [3.05, 3.63) is 107 Å². The fourth-order valence-corrected chi connectivity index (χ4v) is 7.82. The Balaban J connectivity index is 1.41. The SMILES string of the molecule is CC(=O)C1(CC(=O)[C@H](CCCC(=O)O)NC(=O)[C@H](CCCCNC(=O)/C=C/c2cccnc2)CC(=O)Cc2ccc(CC(=O)Cc3ccccc3C)cc2)CCCCC1. The average Bonchev–Trinajstić information content (AvgIpc) is 3.21. The summed E-state index contributed by atoms with van der Waals surface area (Å²) in [4.78, 5) is 94.9. The Morgan fingerprint density at radius 2 is 1.51 bits per heavy atom. The predicted octanol–water partition coefficient (Wildman–Crippen LogP) is 7.10. The van der Waals surface area contributed by atoms with Gasteiger partial charge in [0.2, 0.25) is 11.8 Å². The second-order valence-corrected chi connectivity index (χ2v) is 16.0. The maximum absolute atomic E-state index is 14.0. The first-order valence-electron chi connectivity index (χ1n) is 20.9. The second-order valence-electron chi connectivity index (χ2n) is 16.0.